The maximum absolute atomic E-state index is 12.7. The standard InChI is InChI=1S/C23H23N3O3S/c1-29-18-10-6-5-7-15(18)13-14-24-22(28)17-11-12-19-20(17)25-23(30-19)26-21(27)16-8-3-2-4-9-16/h2-10,17H,11-14H2,1H3,(H,24,28)(H,25,26,27)/t17-/m0/s1. The molecule has 3 aromatic rings. The first kappa shape index (κ1) is 20.1. The highest BCUT2D eigenvalue weighted by Crippen LogP contribution is 2.38. The molecule has 1 atom stereocenters. The molecular formula is C23H23N3O3S. The third-order valence-electron chi connectivity index (χ3n) is 5.18. The van der Waals surface area contributed by atoms with Crippen LogP contribution in [-0.2, 0) is 17.6 Å². The number of hydrogen-bond donors (Lipinski definition) is 2. The van der Waals surface area contributed by atoms with Crippen LogP contribution in [0.4, 0.5) is 5.13 Å². The van der Waals surface area contributed by atoms with Crippen LogP contribution in [0.2, 0.25) is 0 Å². The molecular weight excluding hydrogens is 398 g/mol. The Morgan fingerprint density at radius 3 is 2.70 bits per heavy atom. The zero-order valence-corrected chi connectivity index (χ0v) is 17.5. The predicted molar refractivity (Wildman–Crippen MR) is 117 cm³/mol. The Balaban J connectivity index is 1.36. The molecule has 2 aromatic carbocycles. The van der Waals surface area contributed by atoms with Gasteiger partial charge < -0.3 is 10.1 Å². The number of nitrogens with one attached hydrogen (secondary N) is 2. The van der Waals surface area contributed by atoms with Crippen LogP contribution in [0.25, 0.3) is 0 Å². The smallest absolute Gasteiger partial charge is 0.257 e. The van der Waals surface area contributed by atoms with Crippen LogP contribution in [0.5, 0.6) is 5.75 Å². The monoisotopic (exact) mass is 421 g/mol. The van der Waals surface area contributed by atoms with Gasteiger partial charge in [0.2, 0.25) is 5.91 Å². The summed E-state index contributed by atoms with van der Waals surface area (Å²) in [4.78, 5) is 30.7. The highest BCUT2D eigenvalue weighted by molar-refractivity contribution is 7.16. The fourth-order valence-electron chi connectivity index (χ4n) is 3.65. The summed E-state index contributed by atoms with van der Waals surface area (Å²) in [5.74, 6) is 0.347. The number of ether oxygens (including phenoxy) is 1. The number of fused-ring (bicyclic) bond motifs is 1. The number of thiazole rings is 1. The predicted octanol–water partition coefficient (Wildman–Crippen LogP) is 3.79. The number of nitrogens with zero attached hydrogens (tertiary/aromatic N) is 1. The minimum Gasteiger partial charge on any atom is -0.496 e. The molecule has 1 aliphatic carbocycles. The second-order valence-electron chi connectivity index (χ2n) is 7.09. The van der Waals surface area contributed by atoms with Gasteiger partial charge in [-0.25, -0.2) is 4.98 Å². The SMILES string of the molecule is COc1ccccc1CCNC(=O)[C@H]1CCc2sc(NC(=O)c3ccccc3)nc21. The van der Waals surface area contributed by atoms with Gasteiger partial charge in [-0.1, -0.05) is 36.4 Å². The van der Waals surface area contributed by atoms with Gasteiger partial charge in [-0.2, -0.15) is 0 Å². The molecule has 0 saturated carbocycles. The Morgan fingerprint density at radius 1 is 1.13 bits per heavy atom. The van der Waals surface area contributed by atoms with Crippen molar-refractivity contribution in [1.82, 2.24) is 10.3 Å². The molecule has 30 heavy (non-hydrogen) atoms. The van der Waals surface area contributed by atoms with Crippen molar-refractivity contribution in [3.05, 3.63) is 76.3 Å². The quantitative estimate of drug-likeness (QED) is 0.608. The van der Waals surface area contributed by atoms with Crippen molar-refractivity contribution in [2.45, 2.75) is 25.2 Å². The molecule has 0 spiro atoms. The van der Waals surface area contributed by atoms with Crippen molar-refractivity contribution in [3.8, 4) is 5.75 Å². The highest BCUT2D eigenvalue weighted by atomic mass is 32.1. The van der Waals surface area contributed by atoms with E-state index < -0.39 is 0 Å². The lowest BCUT2D eigenvalue weighted by atomic mass is 10.1. The zero-order chi connectivity index (χ0) is 20.9. The lowest BCUT2D eigenvalue weighted by molar-refractivity contribution is -0.122. The number of carbonyl (C=O) groups excluding carboxylic acids is 2. The average molecular weight is 422 g/mol. The van der Waals surface area contributed by atoms with Gasteiger partial charge in [0.15, 0.2) is 5.13 Å². The van der Waals surface area contributed by atoms with Gasteiger partial charge in [0.25, 0.3) is 5.91 Å². The number of carbonyl (C=O) groups is 2. The van der Waals surface area contributed by atoms with E-state index in [0.717, 1.165) is 34.7 Å². The van der Waals surface area contributed by atoms with Gasteiger partial charge in [0.05, 0.1) is 18.7 Å². The maximum atomic E-state index is 12.7. The van der Waals surface area contributed by atoms with Crippen molar-refractivity contribution in [2.24, 2.45) is 0 Å². The van der Waals surface area contributed by atoms with Crippen LogP contribution in [0, 0.1) is 0 Å². The number of aromatic nitrogens is 1. The second kappa shape index (κ2) is 9.09. The molecule has 4 rings (SSSR count). The summed E-state index contributed by atoms with van der Waals surface area (Å²) in [6.07, 6.45) is 2.26. The van der Waals surface area contributed by atoms with E-state index in [0.29, 0.717) is 23.7 Å². The zero-order valence-electron chi connectivity index (χ0n) is 16.7. The van der Waals surface area contributed by atoms with Crippen molar-refractivity contribution >= 4 is 28.3 Å². The first-order chi connectivity index (χ1) is 14.7. The third kappa shape index (κ3) is 4.36. The van der Waals surface area contributed by atoms with E-state index in [4.69, 9.17) is 4.74 Å². The van der Waals surface area contributed by atoms with E-state index in [2.05, 4.69) is 15.6 Å². The van der Waals surface area contributed by atoms with Crippen molar-refractivity contribution in [1.29, 1.82) is 0 Å². The van der Waals surface area contributed by atoms with Crippen LogP contribution >= 0.6 is 11.3 Å². The highest BCUT2D eigenvalue weighted by Gasteiger charge is 2.32. The molecule has 0 saturated heterocycles. The Kier molecular flexibility index (Phi) is 6.09. The molecule has 7 heteroatoms. The molecule has 1 aromatic heterocycles. The summed E-state index contributed by atoms with van der Waals surface area (Å²) in [6.45, 7) is 0.535. The van der Waals surface area contributed by atoms with Crippen molar-refractivity contribution < 1.29 is 14.3 Å². The molecule has 154 valence electrons. The van der Waals surface area contributed by atoms with Crippen molar-refractivity contribution in [2.75, 3.05) is 19.0 Å². The van der Waals surface area contributed by atoms with E-state index in [1.807, 2.05) is 42.5 Å². The normalized spacial score (nSPS) is 14.8. The fraction of sp³-hybridized carbons (Fsp3) is 0.261. The summed E-state index contributed by atoms with van der Waals surface area (Å²) in [7, 11) is 1.65. The van der Waals surface area contributed by atoms with E-state index in [1.54, 1.807) is 19.2 Å². The lowest BCUT2D eigenvalue weighted by Crippen LogP contribution is -2.30. The fourth-order valence-corrected chi connectivity index (χ4v) is 4.68. The minimum atomic E-state index is -0.267. The van der Waals surface area contributed by atoms with Gasteiger partial charge >= 0.3 is 0 Å². The molecule has 1 heterocycles. The number of amides is 2. The first-order valence-electron chi connectivity index (χ1n) is 9.91. The van der Waals surface area contributed by atoms with E-state index >= 15 is 0 Å². The van der Waals surface area contributed by atoms with Gasteiger partial charge in [-0.05, 0) is 43.0 Å². The largest absolute Gasteiger partial charge is 0.496 e. The Bertz CT molecular complexity index is 1050. The lowest BCUT2D eigenvalue weighted by Gasteiger charge is -2.12. The Morgan fingerprint density at radius 2 is 1.90 bits per heavy atom. The molecule has 0 fully saturated rings. The molecule has 1 aliphatic rings. The molecule has 0 radical (unpaired) electrons. The molecule has 0 aliphatic heterocycles. The van der Waals surface area contributed by atoms with Gasteiger partial charge in [-0.3, -0.25) is 14.9 Å². The molecule has 6 nitrogen and oxygen atoms in total. The number of hydrogen-bond acceptors (Lipinski definition) is 5. The van der Waals surface area contributed by atoms with Gasteiger partial charge in [0.1, 0.15) is 5.75 Å². The van der Waals surface area contributed by atoms with Gasteiger partial charge in [-0.15, -0.1) is 11.3 Å². The summed E-state index contributed by atoms with van der Waals surface area (Å²) in [6, 6.07) is 16.8. The first-order valence-corrected chi connectivity index (χ1v) is 10.7. The Hall–Kier alpha value is -3.19. The molecule has 2 N–H and O–H groups in total. The number of anilines is 1. The average Bonchev–Trinajstić information content (AvgIpc) is 3.34. The van der Waals surface area contributed by atoms with E-state index in [-0.39, 0.29) is 17.7 Å². The number of para-hydroxylation sites is 1. The molecule has 0 unspecified atom stereocenters. The second-order valence-corrected chi connectivity index (χ2v) is 8.18. The summed E-state index contributed by atoms with van der Waals surface area (Å²) in [5, 5.41) is 6.41. The summed E-state index contributed by atoms with van der Waals surface area (Å²) >= 11 is 1.45. The van der Waals surface area contributed by atoms with Crippen LogP contribution in [0.15, 0.2) is 54.6 Å². The summed E-state index contributed by atoms with van der Waals surface area (Å²) in [5.41, 5.74) is 2.43. The topological polar surface area (TPSA) is 80.3 Å². The minimum absolute atomic E-state index is 0.0186. The third-order valence-corrected chi connectivity index (χ3v) is 6.22. The van der Waals surface area contributed by atoms with Crippen LogP contribution in [0.1, 0.15) is 38.8 Å². The van der Waals surface area contributed by atoms with Gasteiger partial charge in [0, 0.05) is 17.0 Å². The van der Waals surface area contributed by atoms with Crippen LogP contribution in [-0.4, -0.2) is 30.5 Å². The number of aryl methyl sites for hydroxylation is 1. The molecule has 0 bridgehead atoms. The maximum Gasteiger partial charge on any atom is 0.257 e. The number of methoxy groups -OCH3 is 1. The summed E-state index contributed by atoms with van der Waals surface area (Å²) < 4.78 is 5.36. The van der Waals surface area contributed by atoms with Crippen LogP contribution in [0.3, 0.4) is 0 Å². The van der Waals surface area contributed by atoms with Crippen LogP contribution < -0.4 is 15.4 Å². The molecule has 2 amide bonds. The number of benzene rings is 2. The Labute approximate surface area is 179 Å². The van der Waals surface area contributed by atoms with E-state index in [1.165, 1.54) is 11.3 Å². The van der Waals surface area contributed by atoms with E-state index in [9.17, 15) is 9.59 Å². The number of rotatable bonds is 7. The van der Waals surface area contributed by atoms with Crippen molar-refractivity contribution in [3.63, 3.8) is 0 Å².